The van der Waals surface area contributed by atoms with E-state index in [2.05, 4.69) is 5.32 Å². The van der Waals surface area contributed by atoms with Crippen LogP contribution in [0.4, 0.5) is 24.5 Å². The number of nitro groups is 1. The van der Waals surface area contributed by atoms with Crippen LogP contribution in [0.1, 0.15) is 29.8 Å². The van der Waals surface area contributed by atoms with Crippen LogP contribution < -0.4 is 10.1 Å². The molecule has 31 heavy (non-hydrogen) atoms. The van der Waals surface area contributed by atoms with Crippen molar-refractivity contribution in [2.24, 2.45) is 0 Å². The molecule has 0 bridgehead atoms. The molecule has 1 N–H and O–H groups in total. The van der Waals surface area contributed by atoms with Crippen molar-refractivity contribution in [2.75, 3.05) is 25.0 Å². The maximum Gasteiger partial charge on any atom is 0.420 e. The number of ether oxygens (including phenoxy) is 1. The summed E-state index contributed by atoms with van der Waals surface area (Å²) in [6.45, 7) is 4.05. The van der Waals surface area contributed by atoms with Crippen LogP contribution in [0.5, 0.6) is 5.75 Å². The van der Waals surface area contributed by atoms with E-state index >= 15 is 0 Å². The molecular weight excluding hydrogens is 419 g/mol. The third-order valence-corrected chi connectivity index (χ3v) is 4.30. The van der Waals surface area contributed by atoms with E-state index in [0.717, 1.165) is 12.1 Å². The Bertz CT molecular complexity index is 958. The van der Waals surface area contributed by atoms with Gasteiger partial charge in [-0.1, -0.05) is 0 Å². The molecule has 0 heterocycles. The fourth-order valence-electron chi connectivity index (χ4n) is 2.71. The molecule has 0 aliphatic rings. The zero-order valence-corrected chi connectivity index (χ0v) is 16.7. The SMILES string of the molecule is CCN(CC)C(=O)c1ccc(NC(=O)COc2ccc([N+](=O)[O-])cc2C(F)(F)F)cc1. The molecule has 2 aromatic carbocycles. The molecule has 2 amide bonds. The third-order valence-electron chi connectivity index (χ3n) is 4.30. The highest BCUT2D eigenvalue weighted by atomic mass is 19.4. The molecular formula is C20H20F3N3O5. The molecule has 0 spiro atoms. The van der Waals surface area contributed by atoms with Crippen molar-refractivity contribution in [1.82, 2.24) is 4.90 Å². The van der Waals surface area contributed by atoms with Crippen LogP contribution >= 0.6 is 0 Å². The molecule has 0 radical (unpaired) electrons. The van der Waals surface area contributed by atoms with E-state index in [9.17, 15) is 32.9 Å². The van der Waals surface area contributed by atoms with E-state index in [-0.39, 0.29) is 5.91 Å². The molecule has 0 aliphatic carbocycles. The van der Waals surface area contributed by atoms with Crippen LogP contribution in [0.2, 0.25) is 0 Å². The maximum atomic E-state index is 13.1. The number of halogens is 3. The number of nitrogens with one attached hydrogen (secondary N) is 1. The Balaban J connectivity index is 2.04. The number of hydrogen-bond acceptors (Lipinski definition) is 5. The number of nitro benzene ring substituents is 1. The van der Waals surface area contributed by atoms with Gasteiger partial charge in [0.25, 0.3) is 17.5 Å². The molecule has 11 heteroatoms. The quantitative estimate of drug-likeness (QED) is 0.493. The first kappa shape index (κ1) is 23.6. The number of amides is 2. The summed E-state index contributed by atoms with van der Waals surface area (Å²) in [4.78, 5) is 35.7. The second kappa shape index (κ2) is 9.92. The summed E-state index contributed by atoms with van der Waals surface area (Å²) >= 11 is 0. The van der Waals surface area contributed by atoms with Gasteiger partial charge in [0.1, 0.15) is 11.3 Å². The number of alkyl halides is 3. The Hall–Kier alpha value is -3.63. The van der Waals surface area contributed by atoms with Gasteiger partial charge in [-0.05, 0) is 44.2 Å². The second-order valence-electron chi connectivity index (χ2n) is 6.33. The molecule has 0 fully saturated rings. The van der Waals surface area contributed by atoms with Gasteiger partial charge in [0.15, 0.2) is 6.61 Å². The topological polar surface area (TPSA) is 102 Å². The van der Waals surface area contributed by atoms with Gasteiger partial charge in [0.2, 0.25) is 0 Å². The molecule has 0 aromatic heterocycles. The second-order valence-corrected chi connectivity index (χ2v) is 6.33. The highest BCUT2D eigenvalue weighted by Gasteiger charge is 2.36. The largest absolute Gasteiger partial charge is 0.483 e. The monoisotopic (exact) mass is 439 g/mol. The minimum absolute atomic E-state index is 0.163. The summed E-state index contributed by atoms with van der Waals surface area (Å²) in [7, 11) is 0. The van der Waals surface area contributed by atoms with Crippen molar-refractivity contribution in [3.8, 4) is 5.75 Å². The fraction of sp³-hybridized carbons (Fsp3) is 0.300. The van der Waals surface area contributed by atoms with E-state index in [1.165, 1.54) is 24.3 Å². The van der Waals surface area contributed by atoms with Crippen LogP contribution in [0, 0.1) is 10.1 Å². The maximum absolute atomic E-state index is 13.1. The smallest absolute Gasteiger partial charge is 0.420 e. The molecule has 2 aromatic rings. The van der Waals surface area contributed by atoms with E-state index < -0.39 is 40.6 Å². The number of hydrogen-bond donors (Lipinski definition) is 1. The van der Waals surface area contributed by atoms with Crippen molar-refractivity contribution < 1.29 is 32.4 Å². The number of non-ortho nitro benzene ring substituents is 1. The predicted molar refractivity (Wildman–Crippen MR) is 106 cm³/mol. The zero-order chi connectivity index (χ0) is 23.2. The minimum atomic E-state index is -4.90. The lowest BCUT2D eigenvalue weighted by Gasteiger charge is -2.18. The minimum Gasteiger partial charge on any atom is -0.483 e. The first-order valence-corrected chi connectivity index (χ1v) is 9.24. The highest BCUT2D eigenvalue weighted by Crippen LogP contribution is 2.38. The van der Waals surface area contributed by atoms with Crippen molar-refractivity contribution in [3.63, 3.8) is 0 Å². The lowest BCUT2D eigenvalue weighted by molar-refractivity contribution is -0.385. The normalized spacial score (nSPS) is 11.0. The van der Waals surface area contributed by atoms with Crippen LogP contribution in [0.3, 0.4) is 0 Å². The highest BCUT2D eigenvalue weighted by molar-refractivity contribution is 5.96. The number of nitrogens with zero attached hydrogens (tertiary/aromatic N) is 2. The van der Waals surface area contributed by atoms with Gasteiger partial charge in [-0.2, -0.15) is 13.2 Å². The summed E-state index contributed by atoms with van der Waals surface area (Å²) in [6, 6.07) is 8.02. The molecule has 0 unspecified atom stereocenters. The Morgan fingerprint density at radius 2 is 1.71 bits per heavy atom. The molecule has 0 aliphatic heterocycles. The standard InChI is InChI=1S/C20H20F3N3O5/c1-3-25(4-2)19(28)13-5-7-14(8-6-13)24-18(27)12-31-17-10-9-15(26(29)30)11-16(17)20(21,22)23/h5-11H,3-4,12H2,1-2H3,(H,24,27). The van der Waals surface area contributed by atoms with Gasteiger partial charge in [0, 0.05) is 36.5 Å². The van der Waals surface area contributed by atoms with Crippen molar-refractivity contribution >= 4 is 23.2 Å². The number of carbonyl (C=O) groups excluding carboxylic acids is 2. The number of benzene rings is 2. The summed E-state index contributed by atoms with van der Waals surface area (Å²) in [5.41, 5.74) is -1.35. The van der Waals surface area contributed by atoms with Gasteiger partial charge in [-0.15, -0.1) is 0 Å². The average molecular weight is 439 g/mol. The average Bonchev–Trinajstić information content (AvgIpc) is 2.72. The van der Waals surface area contributed by atoms with Crippen LogP contribution in [0.25, 0.3) is 0 Å². The molecule has 0 saturated heterocycles. The Morgan fingerprint density at radius 1 is 1.10 bits per heavy atom. The first-order valence-electron chi connectivity index (χ1n) is 9.24. The van der Waals surface area contributed by atoms with Crippen molar-refractivity contribution in [2.45, 2.75) is 20.0 Å². The first-order chi connectivity index (χ1) is 14.6. The van der Waals surface area contributed by atoms with Crippen LogP contribution in [-0.2, 0) is 11.0 Å². The van der Waals surface area contributed by atoms with Gasteiger partial charge in [-0.3, -0.25) is 19.7 Å². The molecule has 2 rings (SSSR count). The van der Waals surface area contributed by atoms with E-state index in [1.54, 1.807) is 4.90 Å². The summed E-state index contributed by atoms with van der Waals surface area (Å²) in [5, 5.41) is 13.2. The van der Waals surface area contributed by atoms with Crippen molar-refractivity contribution in [1.29, 1.82) is 0 Å². The fourth-order valence-corrected chi connectivity index (χ4v) is 2.71. The lowest BCUT2D eigenvalue weighted by Crippen LogP contribution is -2.30. The number of carbonyl (C=O) groups is 2. The number of anilines is 1. The lowest BCUT2D eigenvalue weighted by atomic mass is 10.1. The summed E-state index contributed by atoms with van der Waals surface area (Å²) < 4.78 is 44.4. The van der Waals surface area contributed by atoms with E-state index in [0.29, 0.717) is 30.4 Å². The van der Waals surface area contributed by atoms with Crippen LogP contribution in [-0.4, -0.2) is 41.3 Å². The summed E-state index contributed by atoms with van der Waals surface area (Å²) in [5.74, 6) is -1.60. The molecule has 8 nitrogen and oxygen atoms in total. The Morgan fingerprint density at radius 3 is 2.23 bits per heavy atom. The zero-order valence-electron chi connectivity index (χ0n) is 16.7. The Labute approximate surface area is 175 Å². The molecule has 166 valence electrons. The van der Waals surface area contributed by atoms with Gasteiger partial charge in [0.05, 0.1) is 4.92 Å². The van der Waals surface area contributed by atoms with Gasteiger partial charge in [-0.25, -0.2) is 0 Å². The Kier molecular flexibility index (Phi) is 7.56. The van der Waals surface area contributed by atoms with Crippen LogP contribution in [0.15, 0.2) is 42.5 Å². The van der Waals surface area contributed by atoms with E-state index in [4.69, 9.17) is 4.74 Å². The summed E-state index contributed by atoms with van der Waals surface area (Å²) in [6.07, 6.45) is -4.90. The van der Waals surface area contributed by atoms with E-state index in [1.807, 2.05) is 13.8 Å². The van der Waals surface area contributed by atoms with Crippen molar-refractivity contribution in [3.05, 3.63) is 63.7 Å². The number of rotatable bonds is 8. The third kappa shape index (κ3) is 6.17. The molecule has 0 saturated carbocycles. The predicted octanol–water partition coefficient (Wildman–Crippen LogP) is 4.11. The van der Waals surface area contributed by atoms with Gasteiger partial charge >= 0.3 is 6.18 Å². The molecule has 0 atom stereocenters. The van der Waals surface area contributed by atoms with Gasteiger partial charge < -0.3 is 15.0 Å².